The predicted molar refractivity (Wildman–Crippen MR) is 75.7 cm³/mol. The minimum Gasteiger partial charge on any atom is -0.317 e. The standard InChI is InChI=1S/C14H24N2S/c1-10-9-16(8-7-13(10)15-4)12(3)14-6-5-11(2)17-14/h5-6,10,12-13,15H,7-9H2,1-4H3. The lowest BCUT2D eigenvalue weighted by Crippen LogP contribution is -2.47. The van der Waals surface area contributed by atoms with Crippen LogP contribution >= 0.6 is 11.3 Å². The summed E-state index contributed by atoms with van der Waals surface area (Å²) in [4.78, 5) is 5.56. The average Bonchev–Trinajstić information content (AvgIpc) is 2.75. The Hall–Kier alpha value is -0.380. The molecule has 3 unspecified atom stereocenters. The maximum absolute atomic E-state index is 3.43. The Balaban J connectivity index is 1.99. The van der Waals surface area contributed by atoms with Crippen molar-refractivity contribution in [3.05, 3.63) is 21.9 Å². The Labute approximate surface area is 109 Å². The fourth-order valence-corrected chi connectivity index (χ4v) is 3.78. The van der Waals surface area contributed by atoms with Gasteiger partial charge in [-0.1, -0.05) is 6.92 Å². The number of likely N-dealkylation sites (tertiary alicyclic amines) is 1. The van der Waals surface area contributed by atoms with Crippen molar-refractivity contribution in [2.75, 3.05) is 20.1 Å². The van der Waals surface area contributed by atoms with Crippen LogP contribution in [-0.2, 0) is 0 Å². The fraction of sp³-hybridized carbons (Fsp3) is 0.714. The molecule has 0 bridgehead atoms. The number of thiophene rings is 1. The molecule has 1 aliphatic heterocycles. The lowest BCUT2D eigenvalue weighted by molar-refractivity contribution is 0.115. The molecule has 0 spiro atoms. The Bertz CT molecular complexity index is 361. The van der Waals surface area contributed by atoms with E-state index in [9.17, 15) is 0 Å². The van der Waals surface area contributed by atoms with Gasteiger partial charge in [-0.25, -0.2) is 0 Å². The van der Waals surface area contributed by atoms with E-state index in [-0.39, 0.29) is 0 Å². The van der Waals surface area contributed by atoms with E-state index in [0.29, 0.717) is 12.1 Å². The molecular weight excluding hydrogens is 228 g/mol. The maximum atomic E-state index is 3.43. The molecular formula is C14H24N2S. The molecule has 1 aromatic rings. The number of aryl methyl sites for hydroxylation is 1. The van der Waals surface area contributed by atoms with Gasteiger partial charge in [0.05, 0.1) is 0 Å². The molecule has 1 aromatic heterocycles. The summed E-state index contributed by atoms with van der Waals surface area (Å²) in [5.74, 6) is 0.747. The molecule has 2 rings (SSSR count). The van der Waals surface area contributed by atoms with Gasteiger partial charge in [-0.3, -0.25) is 4.90 Å². The van der Waals surface area contributed by atoms with Crippen molar-refractivity contribution >= 4 is 11.3 Å². The van der Waals surface area contributed by atoms with Gasteiger partial charge in [0, 0.05) is 34.9 Å². The molecule has 2 heterocycles. The highest BCUT2D eigenvalue weighted by atomic mass is 32.1. The second-order valence-corrected chi connectivity index (χ2v) is 6.60. The van der Waals surface area contributed by atoms with Crippen LogP contribution in [0.5, 0.6) is 0 Å². The van der Waals surface area contributed by atoms with Crippen molar-refractivity contribution in [1.82, 2.24) is 10.2 Å². The lowest BCUT2D eigenvalue weighted by atomic mass is 9.93. The number of nitrogens with zero attached hydrogens (tertiary/aromatic N) is 1. The van der Waals surface area contributed by atoms with E-state index in [1.165, 1.54) is 29.3 Å². The van der Waals surface area contributed by atoms with Crippen LogP contribution in [0.1, 0.15) is 36.1 Å². The second kappa shape index (κ2) is 5.51. The van der Waals surface area contributed by atoms with Crippen LogP contribution in [0.15, 0.2) is 12.1 Å². The summed E-state index contributed by atoms with van der Waals surface area (Å²) in [6.45, 7) is 9.33. The number of nitrogens with one attached hydrogen (secondary N) is 1. The first kappa shape index (κ1) is 13.1. The topological polar surface area (TPSA) is 15.3 Å². The van der Waals surface area contributed by atoms with Crippen molar-refractivity contribution in [2.45, 2.75) is 39.3 Å². The van der Waals surface area contributed by atoms with Gasteiger partial charge in [-0.05, 0) is 45.4 Å². The van der Waals surface area contributed by atoms with Crippen molar-refractivity contribution in [2.24, 2.45) is 5.92 Å². The molecule has 1 N–H and O–H groups in total. The van der Waals surface area contributed by atoms with Crippen molar-refractivity contribution in [3.63, 3.8) is 0 Å². The number of hydrogen-bond acceptors (Lipinski definition) is 3. The first-order valence-electron chi connectivity index (χ1n) is 6.59. The third kappa shape index (κ3) is 2.90. The molecule has 17 heavy (non-hydrogen) atoms. The maximum Gasteiger partial charge on any atom is 0.0413 e. The number of rotatable bonds is 3. The van der Waals surface area contributed by atoms with E-state index in [1.54, 1.807) is 0 Å². The molecule has 0 aliphatic carbocycles. The highest BCUT2D eigenvalue weighted by molar-refractivity contribution is 7.12. The summed E-state index contributed by atoms with van der Waals surface area (Å²) in [6, 6.07) is 5.80. The highest BCUT2D eigenvalue weighted by Crippen LogP contribution is 2.30. The largest absolute Gasteiger partial charge is 0.317 e. The van der Waals surface area contributed by atoms with Crippen molar-refractivity contribution in [3.8, 4) is 0 Å². The number of hydrogen-bond donors (Lipinski definition) is 1. The monoisotopic (exact) mass is 252 g/mol. The van der Waals surface area contributed by atoms with E-state index in [0.717, 1.165) is 5.92 Å². The third-order valence-corrected chi connectivity index (χ3v) is 5.20. The van der Waals surface area contributed by atoms with Crippen LogP contribution in [0.2, 0.25) is 0 Å². The first-order valence-corrected chi connectivity index (χ1v) is 7.41. The average molecular weight is 252 g/mol. The molecule has 2 nitrogen and oxygen atoms in total. The van der Waals surface area contributed by atoms with Gasteiger partial charge < -0.3 is 5.32 Å². The SMILES string of the molecule is CNC1CCN(C(C)c2ccc(C)s2)CC1C. The van der Waals surface area contributed by atoms with E-state index < -0.39 is 0 Å². The zero-order valence-electron chi connectivity index (χ0n) is 11.4. The molecule has 0 saturated carbocycles. The molecule has 0 amide bonds. The van der Waals surface area contributed by atoms with Crippen LogP contribution in [0.3, 0.4) is 0 Å². The summed E-state index contributed by atoms with van der Waals surface area (Å²) in [6.07, 6.45) is 1.27. The van der Waals surface area contributed by atoms with Crippen LogP contribution in [0, 0.1) is 12.8 Å². The zero-order valence-corrected chi connectivity index (χ0v) is 12.2. The molecule has 3 heteroatoms. The normalized spacial score (nSPS) is 28.2. The quantitative estimate of drug-likeness (QED) is 0.889. The van der Waals surface area contributed by atoms with E-state index >= 15 is 0 Å². The smallest absolute Gasteiger partial charge is 0.0413 e. The summed E-state index contributed by atoms with van der Waals surface area (Å²) in [5.41, 5.74) is 0. The minimum absolute atomic E-state index is 0.578. The summed E-state index contributed by atoms with van der Waals surface area (Å²) in [5, 5.41) is 3.43. The van der Waals surface area contributed by atoms with E-state index in [4.69, 9.17) is 0 Å². The predicted octanol–water partition coefficient (Wildman–Crippen LogP) is 3.05. The molecule has 0 radical (unpaired) electrons. The van der Waals surface area contributed by atoms with Crippen molar-refractivity contribution in [1.29, 1.82) is 0 Å². The fourth-order valence-electron chi connectivity index (χ4n) is 2.82. The summed E-state index contributed by atoms with van der Waals surface area (Å²) >= 11 is 1.94. The molecule has 1 fully saturated rings. The van der Waals surface area contributed by atoms with Gasteiger partial charge in [0.15, 0.2) is 0 Å². The Morgan fingerprint density at radius 3 is 2.76 bits per heavy atom. The van der Waals surface area contributed by atoms with E-state index in [1.807, 2.05) is 11.3 Å². The Morgan fingerprint density at radius 2 is 2.24 bits per heavy atom. The van der Waals surface area contributed by atoms with Gasteiger partial charge in [0.2, 0.25) is 0 Å². The van der Waals surface area contributed by atoms with Gasteiger partial charge in [-0.2, -0.15) is 0 Å². The summed E-state index contributed by atoms with van der Waals surface area (Å²) in [7, 11) is 2.09. The Kier molecular flexibility index (Phi) is 4.23. The lowest BCUT2D eigenvalue weighted by Gasteiger charge is -2.39. The van der Waals surface area contributed by atoms with Crippen LogP contribution in [0.25, 0.3) is 0 Å². The molecule has 96 valence electrons. The van der Waals surface area contributed by atoms with Gasteiger partial charge >= 0.3 is 0 Å². The first-order chi connectivity index (χ1) is 8.11. The molecule has 1 aliphatic rings. The minimum atomic E-state index is 0.578. The van der Waals surface area contributed by atoms with Crippen LogP contribution in [-0.4, -0.2) is 31.1 Å². The molecule has 3 atom stereocenters. The van der Waals surface area contributed by atoms with Gasteiger partial charge in [-0.15, -0.1) is 11.3 Å². The molecule has 0 aromatic carbocycles. The Morgan fingerprint density at radius 1 is 1.47 bits per heavy atom. The molecule has 1 saturated heterocycles. The van der Waals surface area contributed by atoms with E-state index in [2.05, 4.69) is 50.2 Å². The van der Waals surface area contributed by atoms with Crippen LogP contribution < -0.4 is 5.32 Å². The third-order valence-electron chi connectivity index (χ3n) is 4.03. The second-order valence-electron chi connectivity index (χ2n) is 5.28. The zero-order chi connectivity index (χ0) is 12.4. The highest BCUT2D eigenvalue weighted by Gasteiger charge is 2.28. The van der Waals surface area contributed by atoms with Crippen LogP contribution in [0.4, 0.5) is 0 Å². The van der Waals surface area contributed by atoms with Gasteiger partial charge in [0.25, 0.3) is 0 Å². The van der Waals surface area contributed by atoms with Crippen molar-refractivity contribution < 1.29 is 0 Å². The summed E-state index contributed by atoms with van der Waals surface area (Å²) < 4.78 is 0. The number of piperidine rings is 1. The van der Waals surface area contributed by atoms with Gasteiger partial charge in [0.1, 0.15) is 0 Å².